The molecule has 3 rings (SSSR count). The van der Waals surface area contributed by atoms with Gasteiger partial charge in [-0.2, -0.15) is 0 Å². The molecule has 0 spiro atoms. The van der Waals surface area contributed by atoms with Gasteiger partial charge in [-0.3, -0.25) is 4.79 Å². The van der Waals surface area contributed by atoms with E-state index in [9.17, 15) is 14.0 Å². The fourth-order valence-corrected chi connectivity index (χ4v) is 5.11. The lowest BCUT2D eigenvalue weighted by molar-refractivity contribution is 0.0606. The lowest BCUT2D eigenvalue weighted by Gasteiger charge is -2.16. The summed E-state index contributed by atoms with van der Waals surface area (Å²) >= 11 is 7.98. The molecule has 0 bridgehead atoms. The van der Waals surface area contributed by atoms with Gasteiger partial charge in [0.2, 0.25) is 0 Å². The van der Waals surface area contributed by atoms with Crippen LogP contribution in [0.25, 0.3) is 10.1 Å². The van der Waals surface area contributed by atoms with Crippen LogP contribution in [0.3, 0.4) is 0 Å². The molecule has 31 heavy (non-hydrogen) atoms. The van der Waals surface area contributed by atoms with Gasteiger partial charge >= 0.3 is 5.97 Å². The second kappa shape index (κ2) is 9.97. The summed E-state index contributed by atoms with van der Waals surface area (Å²) in [7, 11) is 2.75. The SMILES string of the molecule is COC(=O)c1cc2c(Br)cc(OC[C@@H](C)NC(=O)c3c(F)cc(OC)cc3Br)cc2s1. The maximum atomic E-state index is 14.3. The summed E-state index contributed by atoms with van der Waals surface area (Å²) in [5.74, 6) is -0.785. The third-order valence-electron chi connectivity index (χ3n) is 4.30. The van der Waals surface area contributed by atoms with Crippen LogP contribution in [0.2, 0.25) is 0 Å². The number of methoxy groups -OCH3 is 2. The van der Waals surface area contributed by atoms with Crippen molar-refractivity contribution in [2.75, 3.05) is 20.8 Å². The highest BCUT2D eigenvalue weighted by Crippen LogP contribution is 2.35. The lowest BCUT2D eigenvalue weighted by Crippen LogP contribution is -2.37. The molecule has 3 aromatic rings. The highest BCUT2D eigenvalue weighted by atomic mass is 79.9. The van der Waals surface area contributed by atoms with Crippen molar-refractivity contribution in [3.8, 4) is 11.5 Å². The monoisotopic (exact) mass is 573 g/mol. The first kappa shape index (κ1) is 23.5. The Morgan fingerprint density at radius 2 is 1.81 bits per heavy atom. The molecule has 0 unspecified atom stereocenters. The van der Waals surface area contributed by atoms with Gasteiger partial charge in [-0.15, -0.1) is 11.3 Å². The Kier molecular flexibility index (Phi) is 7.55. The maximum Gasteiger partial charge on any atom is 0.348 e. The summed E-state index contributed by atoms with van der Waals surface area (Å²) in [6.45, 7) is 1.91. The van der Waals surface area contributed by atoms with Crippen LogP contribution in [0.15, 0.2) is 39.3 Å². The Bertz CT molecular complexity index is 1130. The van der Waals surface area contributed by atoms with Crippen molar-refractivity contribution in [1.82, 2.24) is 5.32 Å². The van der Waals surface area contributed by atoms with E-state index in [1.54, 1.807) is 19.1 Å². The van der Waals surface area contributed by atoms with Crippen LogP contribution >= 0.6 is 43.2 Å². The predicted octanol–water partition coefficient (Wildman–Crippen LogP) is 5.56. The molecule has 0 fully saturated rings. The van der Waals surface area contributed by atoms with Crippen LogP contribution in [-0.2, 0) is 4.74 Å². The number of carbonyl (C=O) groups is 2. The highest BCUT2D eigenvalue weighted by molar-refractivity contribution is 9.11. The molecule has 0 aliphatic heterocycles. The van der Waals surface area contributed by atoms with Crippen molar-refractivity contribution < 1.29 is 28.2 Å². The number of esters is 1. The number of thiophene rings is 1. The van der Waals surface area contributed by atoms with Gasteiger partial charge in [-0.1, -0.05) is 0 Å². The third kappa shape index (κ3) is 5.36. The Hall–Kier alpha value is -2.17. The van der Waals surface area contributed by atoms with Crippen LogP contribution in [0, 0.1) is 5.82 Å². The minimum Gasteiger partial charge on any atom is -0.497 e. The minimum absolute atomic E-state index is 0.106. The molecule has 6 nitrogen and oxygen atoms in total. The van der Waals surface area contributed by atoms with E-state index in [4.69, 9.17) is 14.2 Å². The maximum absolute atomic E-state index is 14.3. The largest absolute Gasteiger partial charge is 0.497 e. The topological polar surface area (TPSA) is 73.9 Å². The van der Waals surface area contributed by atoms with E-state index in [1.807, 2.05) is 6.07 Å². The minimum atomic E-state index is -0.690. The van der Waals surface area contributed by atoms with E-state index in [1.165, 1.54) is 31.6 Å². The Balaban J connectivity index is 1.68. The summed E-state index contributed by atoms with van der Waals surface area (Å²) in [6.07, 6.45) is 0. The summed E-state index contributed by atoms with van der Waals surface area (Å²) in [5.41, 5.74) is -0.106. The van der Waals surface area contributed by atoms with Crippen LogP contribution in [-0.4, -0.2) is 38.7 Å². The van der Waals surface area contributed by atoms with E-state index in [-0.39, 0.29) is 12.2 Å². The lowest BCUT2D eigenvalue weighted by atomic mass is 10.1. The van der Waals surface area contributed by atoms with Gasteiger partial charge in [0, 0.05) is 25.1 Å². The molecule has 1 heterocycles. The predicted molar refractivity (Wildman–Crippen MR) is 124 cm³/mol. The molecule has 1 aromatic heterocycles. The average molecular weight is 575 g/mol. The standard InChI is InChI=1S/C21H18Br2FNO5S/c1-10(25-20(26)19-15(23)4-11(28-2)6-16(19)24)9-30-12-5-14(22)13-8-18(21(27)29-3)31-17(13)7-12/h4-8,10H,9H2,1-3H3,(H,25,26)/t10-/m1/s1. The van der Waals surface area contributed by atoms with Gasteiger partial charge in [0.25, 0.3) is 5.91 Å². The summed E-state index contributed by atoms with van der Waals surface area (Å²) in [5, 5.41) is 3.59. The third-order valence-corrected chi connectivity index (χ3v) is 6.65. The van der Waals surface area contributed by atoms with Gasteiger partial charge in [0.05, 0.1) is 25.8 Å². The first-order valence-electron chi connectivity index (χ1n) is 9.01. The van der Waals surface area contributed by atoms with Gasteiger partial charge in [-0.25, -0.2) is 9.18 Å². The second-order valence-corrected chi connectivity index (χ2v) is 9.36. The number of hydrogen-bond acceptors (Lipinski definition) is 6. The van der Waals surface area contributed by atoms with E-state index in [2.05, 4.69) is 37.2 Å². The zero-order valence-corrected chi connectivity index (χ0v) is 20.7. The molecule has 2 aromatic carbocycles. The molecule has 164 valence electrons. The van der Waals surface area contributed by atoms with Crippen molar-refractivity contribution in [2.24, 2.45) is 0 Å². The number of fused-ring (bicyclic) bond motifs is 1. The molecule has 10 heteroatoms. The van der Waals surface area contributed by atoms with Crippen LogP contribution < -0.4 is 14.8 Å². The van der Waals surface area contributed by atoms with Gasteiger partial charge in [0.1, 0.15) is 28.8 Å². The van der Waals surface area contributed by atoms with Crippen molar-refractivity contribution >= 4 is 65.2 Å². The summed E-state index contributed by atoms with van der Waals surface area (Å²) < 4.78 is 31.8. The molecule has 1 N–H and O–H groups in total. The first-order valence-corrected chi connectivity index (χ1v) is 11.4. The zero-order chi connectivity index (χ0) is 22.7. The number of halogens is 3. The van der Waals surface area contributed by atoms with Crippen LogP contribution in [0.5, 0.6) is 11.5 Å². The fraction of sp³-hybridized carbons (Fsp3) is 0.238. The Labute approximate surface area is 198 Å². The van der Waals surface area contributed by atoms with E-state index < -0.39 is 23.7 Å². The first-order chi connectivity index (χ1) is 14.7. The van der Waals surface area contributed by atoms with Gasteiger partial charge in [-0.05, 0) is 63.0 Å². The average Bonchev–Trinajstić information content (AvgIpc) is 3.16. The van der Waals surface area contributed by atoms with E-state index in [0.717, 1.165) is 20.6 Å². The van der Waals surface area contributed by atoms with Crippen LogP contribution in [0.4, 0.5) is 4.39 Å². The number of hydrogen-bond donors (Lipinski definition) is 1. The van der Waals surface area contributed by atoms with Gasteiger partial charge < -0.3 is 19.5 Å². The molecule has 0 aliphatic rings. The molecule has 1 atom stereocenters. The quantitative estimate of drug-likeness (QED) is 0.374. The molecule has 0 saturated carbocycles. The summed E-state index contributed by atoms with van der Waals surface area (Å²) in [6, 6.07) is 7.62. The molecular weight excluding hydrogens is 557 g/mol. The number of carbonyl (C=O) groups excluding carboxylic acids is 2. The zero-order valence-electron chi connectivity index (χ0n) is 16.8. The fourth-order valence-electron chi connectivity index (χ4n) is 2.80. The summed E-state index contributed by atoms with van der Waals surface area (Å²) in [4.78, 5) is 24.8. The normalized spacial score (nSPS) is 11.8. The van der Waals surface area contributed by atoms with Crippen molar-refractivity contribution in [3.05, 3.63) is 55.5 Å². The van der Waals surface area contributed by atoms with E-state index >= 15 is 0 Å². The Morgan fingerprint density at radius 1 is 1.10 bits per heavy atom. The van der Waals surface area contributed by atoms with Crippen LogP contribution in [0.1, 0.15) is 27.0 Å². The van der Waals surface area contributed by atoms with Crippen molar-refractivity contribution in [1.29, 1.82) is 0 Å². The molecular formula is C21H18Br2FNO5S. The Morgan fingerprint density at radius 3 is 2.45 bits per heavy atom. The number of nitrogens with one attached hydrogen (secondary N) is 1. The molecule has 0 aliphatic carbocycles. The number of amides is 1. The van der Waals surface area contributed by atoms with Crippen molar-refractivity contribution in [2.45, 2.75) is 13.0 Å². The number of ether oxygens (including phenoxy) is 3. The van der Waals surface area contributed by atoms with Crippen molar-refractivity contribution in [3.63, 3.8) is 0 Å². The van der Waals surface area contributed by atoms with E-state index in [0.29, 0.717) is 20.8 Å². The number of benzene rings is 2. The highest BCUT2D eigenvalue weighted by Gasteiger charge is 2.20. The second-order valence-electron chi connectivity index (χ2n) is 6.57. The molecule has 0 radical (unpaired) electrons. The molecule has 0 saturated heterocycles. The van der Waals surface area contributed by atoms with Gasteiger partial charge in [0.15, 0.2) is 0 Å². The number of rotatable bonds is 7. The smallest absolute Gasteiger partial charge is 0.348 e. The molecule has 1 amide bonds.